The normalized spacial score (nSPS) is 12.9. The molecule has 5 N–H and O–H groups in total. The third-order valence-electron chi connectivity index (χ3n) is 3.67. The van der Waals surface area contributed by atoms with Crippen molar-refractivity contribution >= 4 is 0 Å². The fourth-order valence-corrected chi connectivity index (χ4v) is 2.05. The zero-order chi connectivity index (χ0) is 23.6. The van der Waals surface area contributed by atoms with E-state index in [9.17, 15) is 10.2 Å². The summed E-state index contributed by atoms with van der Waals surface area (Å²) in [4.78, 5) is 0. The first-order valence-electron chi connectivity index (χ1n) is 10.1. The van der Waals surface area contributed by atoms with Gasteiger partial charge in [-0.15, -0.1) is 0 Å². The molecule has 0 fully saturated rings. The Labute approximate surface area is 182 Å². The van der Waals surface area contributed by atoms with Crippen LogP contribution in [-0.2, 0) is 18.9 Å². The van der Waals surface area contributed by atoms with Crippen LogP contribution in [0.3, 0.4) is 0 Å². The average Bonchev–Trinajstić information content (AvgIpc) is 2.71. The summed E-state index contributed by atoms with van der Waals surface area (Å²) in [5.74, 6) is 0. The summed E-state index contributed by atoms with van der Waals surface area (Å²) in [6, 6.07) is 0. The smallest absolute Gasteiger partial charge is 0.0973 e. The molecule has 0 heterocycles. The van der Waals surface area contributed by atoms with Gasteiger partial charge in [-0.1, -0.05) is 32.6 Å². The van der Waals surface area contributed by atoms with Crippen LogP contribution in [0.2, 0.25) is 0 Å². The predicted octanol–water partition coefficient (Wildman–Crippen LogP) is 1.38. The van der Waals surface area contributed by atoms with Gasteiger partial charge in [0, 0.05) is 26.4 Å². The molecule has 4 unspecified atom stereocenters. The molecule has 0 aromatic rings. The van der Waals surface area contributed by atoms with Crippen molar-refractivity contribution in [2.24, 2.45) is 0 Å². The third kappa shape index (κ3) is 46.0. The molecule has 34 heavy (non-hydrogen) atoms. The van der Waals surface area contributed by atoms with Gasteiger partial charge in [-0.3, -0.25) is 0 Å². The van der Waals surface area contributed by atoms with Crippen molar-refractivity contribution in [3.05, 3.63) is 28.4 Å². The second-order valence-corrected chi connectivity index (χ2v) is 6.71. The SMILES string of the molecule is [CH2-]OCC(O)CCCC.[CH2-]OCC(O)CCCCC(O)CO[CH2-].[CH2-]OCC(O)CO.[Rf].[Rf].[Rf].[Rf]. The Morgan fingerprint density at radius 3 is 1.00 bits per heavy atom. The second-order valence-electron chi connectivity index (χ2n) is 6.71. The number of hydrogen-bond acceptors (Lipinski definition) is 9. The van der Waals surface area contributed by atoms with Crippen molar-refractivity contribution in [2.75, 3.05) is 33.0 Å². The van der Waals surface area contributed by atoms with Gasteiger partial charge >= 0.3 is 0 Å². The topological polar surface area (TPSA) is 138 Å². The number of rotatable bonds is 17. The van der Waals surface area contributed by atoms with E-state index in [4.69, 9.17) is 15.3 Å². The van der Waals surface area contributed by atoms with Crippen molar-refractivity contribution in [1.29, 1.82) is 0 Å². The van der Waals surface area contributed by atoms with Crippen molar-refractivity contribution in [2.45, 2.75) is 76.3 Å². The molecule has 0 saturated carbocycles. The molecule has 9 nitrogen and oxygen atoms in total. The van der Waals surface area contributed by atoms with E-state index in [1.807, 2.05) is 0 Å². The van der Waals surface area contributed by atoms with Crippen LogP contribution in [0.25, 0.3) is 0 Å². The molecule has 0 aliphatic carbocycles. The Morgan fingerprint density at radius 2 is 0.794 bits per heavy atom. The number of aliphatic hydroxyl groups excluding tert-OH is 5. The van der Waals surface area contributed by atoms with Gasteiger partial charge in [-0.05, 0) is 19.3 Å². The molecule has 0 saturated heterocycles. The molecule has 0 aliphatic rings. The molecule has 0 radical (unpaired) electrons. The van der Waals surface area contributed by atoms with E-state index in [0.717, 1.165) is 32.1 Å². The van der Waals surface area contributed by atoms with Crippen LogP contribution in [-0.4, -0.2) is 83.0 Å². The minimum Gasteiger partial charge on any atom is -0.553 e. The fraction of sp³-hybridized carbons (Fsp3) is 0.810. The number of aliphatic hydroxyl groups is 5. The van der Waals surface area contributed by atoms with Crippen LogP contribution in [0.1, 0.15) is 51.9 Å². The van der Waals surface area contributed by atoms with E-state index in [0.29, 0.717) is 19.4 Å². The fourth-order valence-electron chi connectivity index (χ4n) is 2.05. The molecular weight excluding hydrogens is 1460 g/mol. The van der Waals surface area contributed by atoms with Gasteiger partial charge in [0.1, 0.15) is 0 Å². The molecule has 0 aliphatic heterocycles. The third-order valence-corrected chi connectivity index (χ3v) is 3.67. The van der Waals surface area contributed by atoms with E-state index in [1.165, 1.54) is 0 Å². The molecule has 0 aromatic heterocycles. The summed E-state index contributed by atoms with van der Waals surface area (Å²) >= 11 is 0. The van der Waals surface area contributed by atoms with Crippen LogP contribution >= 0.6 is 0 Å². The molecule has 0 spiro atoms. The Hall–Kier alpha value is -4.36. The van der Waals surface area contributed by atoms with Gasteiger partial charge in [0.15, 0.2) is 0 Å². The summed E-state index contributed by atoms with van der Waals surface area (Å²) in [7, 11) is 12.5. The molecule has 0 bridgehead atoms. The van der Waals surface area contributed by atoms with Crippen LogP contribution in [0.15, 0.2) is 0 Å². The molecule has 0 aromatic carbocycles. The zero-order valence-corrected chi connectivity index (χ0v) is 46.9. The summed E-state index contributed by atoms with van der Waals surface area (Å²) in [6.07, 6.45) is 4.07. The maximum Gasteiger partial charge on any atom is 0.0973 e. The van der Waals surface area contributed by atoms with Gasteiger partial charge < -0.3 is 44.5 Å². The maximum absolute atomic E-state index is 9.26. The van der Waals surface area contributed by atoms with Gasteiger partial charge in [-0.25, -0.2) is 28.4 Å². The Kier molecular flexibility index (Phi) is 54.6. The summed E-state index contributed by atoms with van der Waals surface area (Å²) in [5, 5.41) is 44.1. The monoisotopic (exact) mass is 1510 g/mol. The van der Waals surface area contributed by atoms with E-state index in [1.54, 1.807) is 0 Å². The molecule has 194 valence electrons. The summed E-state index contributed by atoms with van der Waals surface area (Å²) in [6.45, 7) is 2.82. The number of ether oxygens (including phenoxy) is 4. The van der Waals surface area contributed by atoms with Crippen LogP contribution < -0.4 is 0 Å². The minimum absolute atomic E-state index is 0. The van der Waals surface area contributed by atoms with E-state index in [2.05, 4.69) is 54.3 Å². The average molecular weight is 1510 g/mol. The largest absolute Gasteiger partial charge is 0.553 e. The van der Waals surface area contributed by atoms with Crippen LogP contribution in [0, 0.1) is 28.4 Å². The minimum atomic E-state index is -0.780. The number of unbranched alkanes of at least 4 members (excludes halogenated alkanes) is 2. The zero-order valence-electron chi connectivity index (χ0n) is 21.3. The molecule has 0 rings (SSSR count). The van der Waals surface area contributed by atoms with Crippen molar-refractivity contribution in [1.82, 2.24) is 0 Å². The standard InChI is InChI=1S/C10H20O4.C7H15O2.C4H9O3.4Rf/c1-13-7-9(11)5-3-4-6-10(12)8-14-2;1-3-4-5-7(8)6-9-2;1-7-3-4(6)2-5;;;;/h9-12H,1-8H2;7-8H,2-6H2,1H3;4-6H,1-3H2;;;;/q-2;2*-1;;;;. The molecular formula is C21H44O9Rf4-4. The maximum atomic E-state index is 9.26. The van der Waals surface area contributed by atoms with Gasteiger partial charge in [0.25, 0.3) is 0 Å². The second kappa shape index (κ2) is 39.2. The van der Waals surface area contributed by atoms with E-state index >= 15 is 0 Å². The van der Waals surface area contributed by atoms with Crippen molar-refractivity contribution < 1.29 is 44.5 Å². The molecule has 4 atom stereocenters. The van der Waals surface area contributed by atoms with Crippen molar-refractivity contribution in [3.8, 4) is 0 Å². The predicted molar refractivity (Wildman–Crippen MR) is 114 cm³/mol. The number of hydrogen-bond donors (Lipinski definition) is 5. The molecule has 13 heteroatoms. The first-order valence-corrected chi connectivity index (χ1v) is 10.1. The quantitative estimate of drug-likeness (QED) is 0.108. The summed E-state index contributed by atoms with van der Waals surface area (Å²) in [5.41, 5.74) is 0. The summed E-state index contributed by atoms with van der Waals surface area (Å²) < 4.78 is 17.8. The molecule has 0 amide bonds. The van der Waals surface area contributed by atoms with Gasteiger partial charge in [0.2, 0.25) is 0 Å². The Morgan fingerprint density at radius 1 is 0.529 bits per heavy atom. The first-order chi connectivity index (χ1) is 14.3. The van der Waals surface area contributed by atoms with E-state index in [-0.39, 0.29) is 32.5 Å². The van der Waals surface area contributed by atoms with Gasteiger partial charge in [0.05, 0.1) is 31.0 Å². The first kappa shape index (κ1) is 47.4. The Bertz CT molecular complexity index is 299. The van der Waals surface area contributed by atoms with Crippen molar-refractivity contribution in [3.63, 3.8) is 0 Å². The van der Waals surface area contributed by atoms with Crippen LogP contribution in [0.5, 0.6) is 0 Å². The van der Waals surface area contributed by atoms with Crippen LogP contribution in [0.4, 0.5) is 0 Å². The van der Waals surface area contributed by atoms with Gasteiger partial charge in [-0.2, -0.15) is 0 Å². The Balaban J connectivity index is -0.0000000644. The van der Waals surface area contributed by atoms with E-state index < -0.39 is 18.3 Å².